The van der Waals surface area contributed by atoms with Crippen LogP contribution < -0.4 is 5.32 Å². The van der Waals surface area contributed by atoms with Gasteiger partial charge < -0.3 is 5.32 Å². The topological polar surface area (TPSA) is 24.9 Å². The van der Waals surface area contributed by atoms with Crippen molar-refractivity contribution in [2.24, 2.45) is 5.92 Å². The predicted molar refractivity (Wildman–Crippen MR) is 67.8 cm³/mol. The van der Waals surface area contributed by atoms with Crippen molar-refractivity contribution in [3.8, 4) is 0 Å². The highest BCUT2D eigenvalue weighted by atomic mass is 35.5. The molecule has 1 N–H and O–H groups in total. The van der Waals surface area contributed by atoms with Gasteiger partial charge in [-0.3, -0.25) is 0 Å². The highest BCUT2D eigenvalue weighted by Crippen LogP contribution is 2.23. The van der Waals surface area contributed by atoms with Crippen LogP contribution in [0.2, 0.25) is 5.15 Å². The van der Waals surface area contributed by atoms with E-state index < -0.39 is 0 Å². The van der Waals surface area contributed by atoms with Gasteiger partial charge in [-0.15, -0.1) is 0 Å². The molecule has 82 valence electrons. The Morgan fingerprint density at radius 1 is 1.47 bits per heavy atom. The van der Waals surface area contributed by atoms with Gasteiger partial charge in [0.25, 0.3) is 0 Å². The SMILES string of the molecule is Clc1cc(NCC2CCSCC2)ccn1. The maximum absolute atomic E-state index is 5.81. The Balaban J connectivity index is 1.81. The Morgan fingerprint density at radius 2 is 2.27 bits per heavy atom. The van der Waals surface area contributed by atoms with Crippen LogP contribution in [-0.4, -0.2) is 23.0 Å². The van der Waals surface area contributed by atoms with E-state index in [0.717, 1.165) is 18.2 Å². The Hall–Kier alpha value is -0.410. The maximum atomic E-state index is 5.81. The molecule has 0 amide bonds. The van der Waals surface area contributed by atoms with E-state index in [-0.39, 0.29) is 0 Å². The zero-order chi connectivity index (χ0) is 10.5. The first-order valence-electron chi connectivity index (χ1n) is 5.28. The summed E-state index contributed by atoms with van der Waals surface area (Å²) in [5, 5.41) is 3.98. The lowest BCUT2D eigenvalue weighted by atomic mass is 10.0. The third-order valence-electron chi connectivity index (χ3n) is 2.66. The summed E-state index contributed by atoms with van der Waals surface area (Å²) in [5.74, 6) is 3.44. The zero-order valence-corrected chi connectivity index (χ0v) is 10.2. The molecule has 0 radical (unpaired) electrons. The molecule has 0 spiro atoms. The Kier molecular flexibility index (Phi) is 4.15. The van der Waals surface area contributed by atoms with Crippen LogP contribution in [0, 0.1) is 5.92 Å². The highest BCUT2D eigenvalue weighted by molar-refractivity contribution is 7.99. The minimum absolute atomic E-state index is 0.555. The molecule has 1 aliphatic rings. The fourth-order valence-corrected chi connectivity index (χ4v) is 3.10. The van der Waals surface area contributed by atoms with Crippen LogP contribution >= 0.6 is 23.4 Å². The van der Waals surface area contributed by atoms with E-state index in [0.29, 0.717) is 5.15 Å². The number of rotatable bonds is 3. The molecule has 2 nitrogen and oxygen atoms in total. The molecule has 1 aliphatic heterocycles. The summed E-state index contributed by atoms with van der Waals surface area (Å²) < 4.78 is 0. The third kappa shape index (κ3) is 3.58. The summed E-state index contributed by atoms with van der Waals surface area (Å²) >= 11 is 7.88. The van der Waals surface area contributed by atoms with Gasteiger partial charge in [-0.25, -0.2) is 4.98 Å². The van der Waals surface area contributed by atoms with Crippen LogP contribution in [0.25, 0.3) is 0 Å². The number of hydrogen-bond donors (Lipinski definition) is 1. The molecule has 1 aromatic rings. The highest BCUT2D eigenvalue weighted by Gasteiger charge is 2.12. The van der Waals surface area contributed by atoms with E-state index in [1.165, 1.54) is 24.3 Å². The summed E-state index contributed by atoms with van der Waals surface area (Å²) in [4.78, 5) is 3.96. The molecular formula is C11H15ClN2S. The number of anilines is 1. The second kappa shape index (κ2) is 5.61. The van der Waals surface area contributed by atoms with Crippen molar-refractivity contribution in [2.75, 3.05) is 23.4 Å². The van der Waals surface area contributed by atoms with E-state index in [9.17, 15) is 0 Å². The maximum Gasteiger partial charge on any atom is 0.131 e. The van der Waals surface area contributed by atoms with Crippen molar-refractivity contribution in [2.45, 2.75) is 12.8 Å². The number of halogens is 1. The zero-order valence-electron chi connectivity index (χ0n) is 8.58. The molecule has 1 aromatic heterocycles. The Labute approximate surface area is 99.8 Å². The van der Waals surface area contributed by atoms with Crippen molar-refractivity contribution in [3.05, 3.63) is 23.5 Å². The van der Waals surface area contributed by atoms with Crippen LogP contribution in [0.5, 0.6) is 0 Å². The predicted octanol–water partition coefficient (Wildman–Crippen LogP) is 3.29. The number of hydrogen-bond acceptors (Lipinski definition) is 3. The average molecular weight is 243 g/mol. The Morgan fingerprint density at radius 3 is 3.00 bits per heavy atom. The van der Waals surface area contributed by atoms with Crippen molar-refractivity contribution in [1.29, 1.82) is 0 Å². The summed E-state index contributed by atoms with van der Waals surface area (Å²) in [6.07, 6.45) is 4.40. The fraction of sp³-hybridized carbons (Fsp3) is 0.545. The number of aromatic nitrogens is 1. The first kappa shape index (κ1) is 11.1. The molecule has 2 rings (SSSR count). The molecule has 0 bridgehead atoms. The quantitative estimate of drug-likeness (QED) is 0.824. The van der Waals surface area contributed by atoms with Crippen LogP contribution in [0.3, 0.4) is 0 Å². The summed E-state index contributed by atoms with van der Waals surface area (Å²) in [6, 6.07) is 3.84. The third-order valence-corrected chi connectivity index (χ3v) is 3.92. The van der Waals surface area contributed by atoms with Gasteiger partial charge in [0.1, 0.15) is 5.15 Å². The second-order valence-electron chi connectivity index (χ2n) is 3.80. The monoisotopic (exact) mass is 242 g/mol. The fourth-order valence-electron chi connectivity index (χ4n) is 1.73. The smallest absolute Gasteiger partial charge is 0.131 e. The minimum Gasteiger partial charge on any atom is -0.385 e. The second-order valence-corrected chi connectivity index (χ2v) is 5.42. The van der Waals surface area contributed by atoms with Gasteiger partial charge in [-0.1, -0.05) is 11.6 Å². The van der Waals surface area contributed by atoms with Crippen molar-refractivity contribution in [1.82, 2.24) is 4.98 Å². The van der Waals surface area contributed by atoms with Crippen LogP contribution in [-0.2, 0) is 0 Å². The largest absolute Gasteiger partial charge is 0.385 e. The van der Waals surface area contributed by atoms with Crippen LogP contribution in [0.1, 0.15) is 12.8 Å². The summed E-state index contributed by atoms with van der Waals surface area (Å²) in [6.45, 7) is 1.06. The van der Waals surface area contributed by atoms with Gasteiger partial charge in [0.2, 0.25) is 0 Å². The molecule has 0 atom stereocenters. The molecule has 1 saturated heterocycles. The molecular weight excluding hydrogens is 228 g/mol. The molecule has 0 unspecified atom stereocenters. The van der Waals surface area contributed by atoms with Gasteiger partial charge in [-0.05, 0) is 42.4 Å². The first-order valence-corrected chi connectivity index (χ1v) is 6.81. The Bertz CT molecular complexity index is 313. The molecule has 4 heteroatoms. The van der Waals surface area contributed by atoms with Crippen molar-refractivity contribution >= 4 is 29.1 Å². The number of nitrogens with zero attached hydrogens (tertiary/aromatic N) is 1. The number of thioether (sulfide) groups is 1. The molecule has 2 heterocycles. The lowest BCUT2D eigenvalue weighted by molar-refractivity contribution is 0.516. The standard InChI is InChI=1S/C11H15ClN2S/c12-11-7-10(1-4-13-11)14-8-9-2-5-15-6-3-9/h1,4,7,9H,2-3,5-6,8H2,(H,13,14). The van der Waals surface area contributed by atoms with Gasteiger partial charge in [0.05, 0.1) is 0 Å². The minimum atomic E-state index is 0.555. The van der Waals surface area contributed by atoms with Crippen LogP contribution in [0.4, 0.5) is 5.69 Å². The molecule has 15 heavy (non-hydrogen) atoms. The van der Waals surface area contributed by atoms with Gasteiger partial charge >= 0.3 is 0 Å². The van der Waals surface area contributed by atoms with E-state index in [1.54, 1.807) is 6.20 Å². The number of pyridine rings is 1. The molecule has 1 fully saturated rings. The average Bonchev–Trinajstić information content (AvgIpc) is 2.28. The van der Waals surface area contributed by atoms with E-state index in [1.807, 2.05) is 12.1 Å². The van der Waals surface area contributed by atoms with E-state index >= 15 is 0 Å². The summed E-state index contributed by atoms with van der Waals surface area (Å²) in [7, 11) is 0. The van der Waals surface area contributed by atoms with Crippen molar-refractivity contribution in [3.63, 3.8) is 0 Å². The summed E-state index contributed by atoms with van der Waals surface area (Å²) in [5.41, 5.74) is 1.08. The van der Waals surface area contributed by atoms with Crippen LogP contribution in [0.15, 0.2) is 18.3 Å². The lowest BCUT2D eigenvalue weighted by Gasteiger charge is -2.21. The first-order chi connectivity index (χ1) is 7.34. The van der Waals surface area contributed by atoms with Crippen molar-refractivity contribution < 1.29 is 0 Å². The van der Waals surface area contributed by atoms with E-state index in [4.69, 9.17) is 11.6 Å². The molecule has 0 saturated carbocycles. The van der Waals surface area contributed by atoms with Gasteiger partial charge in [0, 0.05) is 18.4 Å². The van der Waals surface area contributed by atoms with E-state index in [2.05, 4.69) is 22.1 Å². The van der Waals surface area contributed by atoms with Gasteiger partial charge in [0.15, 0.2) is 0 Å². The molecule has 0 aliphatic carbocycles. The normalized spacial score (nSPS) is 17.7. The molecule has 0 aromatic carbocycles. The number of nitrogens with one attached hydrogen (secondary N) is 1. The lowest BCUT2D eigenvalue weighted by Crippen LogP contribution is -2.19. The van der Waals surface area contributed by atoms with Gasteiger partial charge in [-0.2, -0.15) is 11.8 Å².